The van der Waals surface area contributed by atoms with E-state index in [1.54, 1.807) is 12.1 Å². The second kappa shape index (κ2) is 5.36. The largest absolute Gasteiger partial charge is 0.224 e. The molecule has 0 bridgehead atoms. The molecule has 0 unspecified atom stereocenters. The van der Waals surface area contributed by atoms with Gasteiger partial charge in [-0.2, -0.15) is 0 Å². The van der Waals surface area contributed by atoms with Crippen LogP contribution in [0.3, 0.4) is 0 Å². The molecule has 0 spiro atoms. The van der Waals surface area contributed by atoms with E-state index in [4.69, 9.17) is 0 Å². The fourth-order valence-corrected chi connectivity index (χ4v) is 3.48. The van der Waals surface area contributed by atoms with Crippen LogP contribution in [0.15, 0.2) is 59.5 Å². The van der Waals surface area contributed by atoms with E-state index < -0.39 is 9.84 Å². The summed E-state index contributed by atoms with van der Waals surface area (Å²) >= 11 is 0. The van der Waals surface area contributed by atoms with Crippen LogP contribution in [-0.4, -0.2) is 14.2 Å². The van der Waals surface area contributed by atoms with Crippen LogP contribution < -0.4 is 0 Å². The Morgan fingerprint density at radius 2 is 1.50 bits per heavy atom. The number of hydrogen-bond acceptors (Lipinski definition) is 2. The number of aryl methyl sites for hydroxylation is 2. The van der Waals surface area contributed by atoms with E-state index in [9.17, 15) is 8.42 Å². The highest BCUT2D eigenvalue weighted by Crippen LogP contribution is 2.17. The van der Waals surface area contributed by atoms with E-state index >= 15 is 0 Å². The maximum Gasteiger partial charge on any atom is 0.178 e. The summed E-state index contributed by atoms with van der Waals surface area (Å²) in [7, 11) is -3.19. The molecule has 0 aliphatic rings. The molecule has 0 saturated carbocycles. The third kappa shape index (κ3) is 2.99. The smallest absolute Gasteiger partial charge is 0.178 e. The standard InChI is InChI=1S/C15H16O2S/c1-13-7-5-6-10-15(13)18(16,17)12-11-14-8-3-2-4-9-14/h2-10H,11-12H2,1H3. The van der Waals surface area contributed by atoms with E-state index in [1.165, 1.54) is 0 Å². The predicted octanol–water partition coefficient (Wildman–Crippen LogP) is 3.01. The predicted molar refractivity (Wildman–Crippen MR) is 73.4 cm³/mol. The van der Waals surface area contributed by atoms with Gasteiger partial charge in [0.05, 0.1) is 10.6 Å². The minimum atomic E-state index is -3.19. The molecule has 2 aromatic carbocycles. The van der Waals surface area contributed by atoms with Crippen molar-refractivity contribution in [3.8, 4) is 0 Å². The maximum atomic E-state index is 12.2. The molecule has 2 aromatic rings. The number of benzene rings is 2. The number of sulfone groups is 1. The molecule has 2 rings (SSSR count). The maximum absolute atomic E-state index is 12.2. The SMILES string of the molecule is Cc1ccccc1S(=O)(=O)CCc1ccccc1. The summed E-state index contributed by atoms with van der Waals surface area (Å²) in [4.78, 5) is 0.445. The minimum absolute atomic E-state index is 0.155. The van der Waals surface area contributed by atoms with Gasteiger partial charge in [0.15, 0.2) is 9.84 Å². The summed E-state index contributed by atoms with van der Waals surface area (Å²) in [5.74, 6) is 0.155. The topological polar surface area (TPSA) is 34.1 Å². The second-order valence-electron chi connectivity index (χ2n) is 4.32. The van der Waals surface area contributed by atoms with E-state index in [0.29, 0.717) is 11.3 Å². The summed E-state index contributed by atoms with van der Waals surface area (Å²) in [6.07, 6.45) is 0.553. The van der Waals surface area contributed by atoms with Crippen LogP contribution in [0.2, 0.25) is 0 Å². The Hall–Kier alpha value is -1.61. The van der Waals surface area contributed by atoms with Crippen LogP contribution in [0.5, 0.6) is 0 Å². The van der Waals surface area contributed by atoms with Crippen molar-refractivity contribution in [3.63, 3.8) is 0 Å². The Balaban J connectivity index is 2.16. The molecule has 0 atom stereocenters. The molecule has 3 heteroatoms. The van der Waals surface area contributed by atoms with Crippen LogP contribution >= 0.6 is 0 Å². The van der Waals surface area contributed by atoms with Gasteiger partial charge in [-0.3, -0.25) is 0 Å². The molecule has 0 heterocycles. The summed E-state index contributed by atoms with van der Waals surface area (Å²) < 4.78 is 24.5. The van der Waals surface area contributed by atoms with Crippen LogP contribution in [0, 0.1) is 6.92 Å². The van der Waals surface area contributed by atoms with Crippen molar-refractivity contribution in [1.82, 2.24) is 0 Å². The van der Waals surface area contributed by atoms with Crippen LogP contribution in [-0.2, 0) is 16.3 Å². The Kier molecular flexibility index (Phi) is 3.82. The summed E-state index contributed by atoms with van der Waals surface area (Å²) in [6.45, 7) is 1.83. The van der Waals surface area contributed by atoms with Gasteiger partial charge in [0.2, 0.25) is 0 Å². The minimum Gasteiger partial charge on any atom is -0.224 e. The lowest BCUT2D eigenvalue weighted by Crippen LogP contribution is -2.10. The van der Waals surface area contributed by atoms with Gasteiger partial charge in [-0.25, -0.2) is 8.42 Å². The van der Waals surface area contributed by atoms with Gasteiger partial charge in [-0.1, -0.05) is 48.5 Å². The normalized spacial score (nSPS) is 11.4. The first-order valence-corrected chi connectivity index (χ1v) is 7.57. The average Bonchev–Trinajstić information content (AvgIpc) is 2.38. The highest BCUT2D eigenvalue weighted by atomic mass is 32.2. The lowest BCUT2D eigenvalue weighted by atomic mass is 10.2. The number of hydrogen-bond donors (Lipinski definition) is 0. The molecule has 0 aliphatic carbocycles. The molecule has 0 fully saturated rings. The lowest BCUT2D eigenvalue weighted by Gasteiger charge is -2.07. The van der Waals surface area contributed by atoms with Gasteiger partial charge in [0.1, 0.15) is 0 Å². The van der Waals surface area contributed by atoms with Gasteiger partial charge in [0.25, 0.3) is 0 Å². The Labute approximate surface area is 108 Å². The van der Waals surface area contributed by atoms with Crippen molar-refractivity contribution in [3.05, 3.63) is 65.7 Å². The van der Waals surface area contributed by atoms with Gasteiger partial charge in [-0.05, 0) is 30.5 Å². The molecule has 0 saturated heterocycles. The molecular weight excluding hydrogens is 244 g/mol. The van der Waals surface area contributed by atoms with E-state index in [2.05, 4.69) is 0 Å². The fraction of sp³-hybridized carbons (Fsp3) is 0.200. The first kappa shape index (κ1) is 12.8. The summed E-state index contributed by atoms with van der Waals surface area (Å²) in [5.41, 5.74) is 1.86. The van der Waals surface area contributed by atoms with Crippen molar-refractivity contribution in [2.24, 2.45) is 0 Å². The van der Waals surface area contributed by atoms with Gasteiger partial charge >= 0.3 is 0 Å². The van der Waals surface area contributed by atoms with Gasteiger partial charge < -0.3 is 0 Å². The van der Waals surface area contributed by atoms with Crippen LogP contribution in [0.4, 0.5) is 0 Å². The van der Waals surface area contributed by atoms with Crippen molar-refractivity contribution < 1.29 is 8.42 Å². The van der Waals surface area contributed by atoms with Crippen LogP contribution in [0.1, 0.15) is 11.1 Å². The van der Waals surface area contributed by atoms with Gasteiger partial charge in [-0.15, -0.1) is 0 Å². The first-order chi connectivity index (χ1) is 8.59. The van der Waals surface area contributed by atoms with Crippen molar-refractivity contribution in [2.75, 3.05) is 5.75 Å². The summed E-state index contributed by atoms with van der Waals surface area (Å²) in [5, 5.41) is 0. The first-order valence-electron chi connectivity index (χ1n) is 5.92. The molecule has 2 nitrogen and oxygen atoms in total. The summed E-state index contributed by atoms with van der Waals surface area (Å²) in [6, 6.07) is 16.8. The Bertz CT molecular complexity index is 616. The van der Waals surface area contributed by atoms with Crippen LogP contribution in [0.25, 0.3) is 0 Å². The van der Waals surface area contributed by atoms with E-state index in [-0.39, 0.29) is 5.75 Å². The van der Waals surface area contributed by atoms with E-state index in [0.717, 1.165) is 11.1 Å². The van der Waals surface area contributed by atoms with E-state index in [1.807, 2.05) is 49.4 Å². The number of rotatable bonds is 4. The monoisotopic (exact) mass is 260 g/mol. The molecule has 0 radical (unpaired) electrons. The fourth-order valence-electron chi connectivity index (χ4n) is 1.91. The Morgan fingerprint density at radius 3 is 2.17 bits per heavy atom. The molecule has 0 N–H and O–H groups in total. The second-order valence-corrected chi connectivity index (χ2v) is 6.40. The third-order valence-corrected chi connectivity index (χ3v) is 4.80. The molecular formula is C15H16O2S. The Morgan fingerprint density at radius 1 is 0.889 bits per heavy atom. The highest BCUT2D eigenvalue weighted by Gasteiger charge is 2.16. The molecule has 0 amide bonds. The van der Waals surface area contributed by atoms with Crippen molar-refractivity contribution in [2.45, 2.75) is 18.2 Å². The van der Waals surface area contributed by atoms with Crippen molar-refractivity contribution in [1.29, 1.82) is 0 Å². The average molecular weight is 260 g/mol. The zero-order valence-electron chi connectivity index (χ0n) is 10.3. The van der Waals surface area contributed by atoms with Crippen molar-refractivity contribution >= 4 is 9.84 Å². The van der Waals surface area contributed by atoms with Gasteiger partial charge in [0, 0.05) is 0 Å². The quantitative estimate of drug-likeness (QED) is 0.847. The lowest BCUT2D eigenvalue weighted by molar-refractivity contribution is 0.594. The third-order valence-electron chi connectivity index (χ3n) is 2.93. The molecule has 18 heavy (non-hydrogen) atoms. The zero-order valence-corrected chi connectivity index (χ0v) is 11.2. The zero-order chi connectivity index (χ0) is 13.0. The molecule has 94 valence electrons. The highest BCUT2D eigenvalue weighted by molar-refractivity contribution is 7.91. The molecule has 0 aromatic heterocycles. The molecule has 0 aliphatic heterocycles.